The molecule has 2 nitrogen and oxygen atoms in total. The molecule has 1 rings (SSSR count). The number of amides is 1. The van der Waals surface area contributed by atoms with Gasteiger partial charge in [0.2, 0.25) is 5.91 Å². The zero-order chi connectivity index (χ0) is 12.8. The van der Waals surface area contributed by atoms with E-state index in [1.54, 1.807) is 12.1 Å². The summed E-state index contributed by atoms with van der Waals surface area (Å²) in [5.41, 5.74) is 0.997. The van der Waals surface area contributed by atoms with E-state index in [1.165, 1.54) is 12.1 Å². The Kier molecular flexibility index (Phi) is 5.13. The van der Waals surface area contributed by atoms with E-state index in [0.717, 1.165) is 12.0 Å². The molecule has 1 amide bonds. The molecule has 0 aliphatic carbocycles. The second kappa shape index (κ2) is 6.38. The third kappa shape index (κ3) is 4.55. The molecule has 3 heteroatoms. The van der Waals surface area contributed by atoms with Crippen LogP contribution in [0.5, 0.6) is 0 Å². The van der Waals surface area contributed by atoms with Crippen molar-refractivity contribution in [2.45, 2.75) is 39.7 Å². The summed E-state index contributed by atoms with van der Waals surface area (Å²) in [6.07, 6.45) is 1.45. The van der Waals surface area contributed by atoms with E-state index in [2.05, 4.69) is 5.32 Å². The largest absolute Gasteiger partial charge is 0.354 e. The zero-order valence-corrected chi connectivity index (χ0v) is 10.7. The van der Waals surface area contributed by atoms with Gasteiger partial charge in [-0.1, -0.05) is 19.1 Å². The maximum atomic E-state index is 12.8. The smallest absolute Gasteiger partial charge is 0.223 e. The topological polar surface area (TPSA) is 29.1 Å². The van der Waals surface area contributed by atoms with Gasteiger partial charge in [0.05, 0.1) is 0 Å². The molecule has 0 heterocycles. The van der Waals surface area contributed by atoms with Gasteiger partial charge in [0.1, 0.15) is 5.82 Å². The highest BCUT2D eigenvalue weighted by atomic mass is 19.1. The van der Waals surface area contributed by atoms with Crippen molar-refractivity contribution >= 4 is 5.91 Å². The molecular weight excluding hydrogens is 217 g/mol. The van der Waals surface area contributed by atoms with Gasteiger partial charge < -0.3 is 5.32 Å². The van der Waals surface area contributed by atoms with Crippen molar-refractivity contribution in [1.29, 1.82) is 0 Å². The molecule has 0 saturated heterocycles. The van der Waals surface area contributed by atoms with E-state index < -0.39 is 0 Å². The van der Waals surface area contributed by atoms with Gasteiger partial charge in [0.25, 0.3) is 0 Å². The fourth-order valence-corrected chi connectivity index (χ4v) is 1.73. The first kappa shape index (κ1) is 13.7. The van der Waals surface area contributed by atoms with E-state index >= 15 is 0 Å². The Morgan fingerprint density at radius 2 is 1.88 bits per heavy atom. The van der Waals surface area contributed by atoms with Crippen molar-refractivity contribution in [2.24, 2.45) is 5.92 Å². The van der Waals surface area contributed by atoms with Crippen LogP contribution in [0.15, 0.2) is 24.3 Å². The van der Waals surface area contributed by atoms with Crippen LogP contribution in [0, 0.1) is 11.7 Å². The van der Waals surface area contributed by atoms with Crippen LogP contribution in [-0.2, 0) is 11.2 Å². The number of nitrogens with one attached hydrogen (secondary N) is 1. The van der Waals surface area contributed by atoms with Crippen LogP contribution < -0.4 is 5.32 Å². The lowest BCUT2D eigenvalue weighted by molar-refractivity contribution is -0.125. The molecule has 0 aromatic heterocycles. The van der Waals surface area contributed by atoms with E-state index in [4.69, 9.17) is 0 Å². The Labute approximate surface area is 102 Å². The van der Waals surface area contributed by atoms with Crippen LogP contribution in [0.4, 0.5) is 4.39 Å². The second-order valence-electron chi connectivity index (χ2n) is 4.60. The predicted molar refractivity (Wildman–Crippen MR) is 67.2 cm³/mol. The number of carbonyl (C=O) groups is 1. The van der Waals surface area contributed by atoms with E-state index in [-0.39, 0.29) is 23.7 Å². The van der Waals surface area contributed by atoms with Crippen molar-refractivity contribution in [1.82, 2.24) is 5.32 Å². The standard InChI is InChI=1S/C14H20FNO/c1-4-12(14(17)16-10(2)3)9-11-5-7-13(15)8-6-11/h5-8,10,12H,4,9H2,1-3H3,(H,16,17)/t12-/m1/s1. The minimum atomic E-state index is -0.242. The lowest BCUT2D eigenvalue weighted by atomic mass is 9.96. The van der Waals surface area contributed by atoms with Gasteiger partial charge >= 0.3 is 0 Å². The zero-order valence-electron chi connectivity index (χ0n) is 10.7. The molecule has 1 atom stereocenters. The molecule has 0 aliphatic heterocycles. The first-order valence-electron chi connectivity index (χ1n) is 6.07. The van der Waals surface area contributed by atoms with Gasteiger partial charge in [-0.15, -0.1) is 0 Å². The number of hydrogen-bond acceptors (Lipinski definition) is 1. The molecule has 0 bridgehead atoms. The van der Waals surface area contributed by atoms with Gasteiger partial charge in [0, 0.05) is 12.0 Å². The summed E-state index contributed by atoms with van der Waals surface area (Å²) in [6, 6.07) is 6.50. The Morgan fingerprint density at radius 3 is 2.35 bits per heavy atom. The van der Waals surface area contributed by atoms with Crippen molar-refractivity contribution in [3.63, 3.8) is 0 Å². The van der Waals surface area contributed by atoms with Gasteiger partial charge in [-0.2, -0.15) is 0 Å². The molecule has 1 aromatic rings. The van der Waals surface area contributed by atoms with E-state index in [0.29, 0.717) is 6.42 Å². The minimum absolute atomic E-state index is 0.0390. The van der Waals surface area contributed by atoms with Gasteiger partial charge in [-0.3, -0.25) is 4.79 Å². The van der Waals surface area contributed by atoms with Crippen molar-refractivity contribution in [3.05, 3.63) is 35.6 Å². The Morgan fingerprint density at radius 1 is 1.29 bits per heavy atom. The van der Waals surface area contributed by atoms with Crippen molar-refractivity contribution in [2.75, 3.05) is 0 Å². The minimum Gasteiger partial charge on any atom is -0.354 e. The molecule has 0 radical (unpaired) electrons. The summed E-state index contributed by atoms with van der Waals surface area (Å²) in [6.45, 7) is 5.89. The molecule has 0 fully saturated rings. The van der Waals surface area contributed by atoms with Gasteiger partial charge in [-0.25, -0.2) is 4.39 Å². The molecule has 94 valence electrons. The molecule has 0 spiro atoms. The molecule has 1 aromatic carbocycles. The third-order valence-electron chi connectivity index (χ3n) is 2.69. The van der Waals surface area contributed by atoms with Crippen LogP contribution in [0.25, 0.3) is 0 Å². The summed E-state index contributed by atoms with van der Waals surface area (Å²) < 4.78 is 12.8. The molecule has 0 unspecified atom stereocenters. The highest BCUT2D eigenvalue weighted by Gasteiger charge is 2.17. The van der Waals surface area contributed by atoms with Crippen LogP contribution in [0.3, 0.4) is 0 Å². The number of halogens is 1. The molecular formula is C14H20FNO. The van der Waals surface area contributed by atoms with E-state index in [9.17, 15) is 9.18 Å². The summed E-state index contributed by atoms with van der Waals surface area (Å²) in [5, 5.41) is 2.91. The Balaban J connectivity index is 2.63. The summed E-state index contributed by atoms with van der Waals surface area (Å²) >= 11 is 0. The van der Waals surface area contributed by atoms with Crippen LogP contribution >= 0.6 is 0 Å². The highest BCUT2D eigenvalue weighted by Crippen LogP contribution is 2.13. The van der Waals surface area contributed by atoms with Crippen molar-refractivity contribution in [3.8, 4) is 0 Å². The van der Waals surface area contributed by atoms with E-state index in [1.807, 2.05) is 20.8 Å². The number of hydrogen-bond donors (Lipinski definition) is 1. The lowest BCUT2D eigenvalue weighted by Crippen LogP contribution is -2.36. The number of carbonyl (C=O) groups excluding carboxylic acids is 1. The fraction of sp³-hybridized carbons (Fsp3) is 0.500. The highest BCUT2D eigenvalue weighted by molar-refractivity contribution is 5.79. The van der Waals surface area contributed by atoms with Crippen LogP contribution in [-0.4, -0.2) is 11.9 Å². The third-order valence-corrected chi connectivity index (χ3v) is 2.69. The van der Waals surface area contributed by atoms with Gasteiger partial charge in [-0.05, 0) is 44.4 Å². The molecule has 0 aliphatic rings. The van der Waals surface area contributed by atoms with Gasteiger partial charge in [0.15, 0.2) is 0 Å². The first-order valence-corrected chi connectivity index (χ1v) is 6.07. The molecule has 17 heavy (non-hydrogen) atoms. The summed E-state index contributed by atoms with van der Waals surface area (Å²) in [4.78, 5) is 11.9. The second-order valence-corrected chi connectivity index (χ2v) is 4.60. The lowest BCUT2D eigenvalue weighted by Gasteiger charge is -2.17. The number of benzene rings is 1. The van der Waals surface area contributed by atoms with Crippen molar-refractivity contribution < 1.29 is 9.18 Å². The Hall–Kier alpha value is -1.38. The molecule has 1 N–H and O–H groups in total. The number of rotatable bonds is 5. The predicted octanol–water partition coefficient (Wildman–Crippen LogP) is 2.92. The summed E-state index contributed by atoms with van der Waals surface area (Å²) in [7, 11) is 0. The maximum Gasteiger partial charge on any atom is 0.223 e. The van der Waals surface area contributed by atoms with Crippen LogP contribution in [0.1, 0.15) is 32.8 Å². The average Bonchev–Trinajstić information content (AvgIpc) is 2.27. The Bertz CT molecular complexity index is 359. The normalized spacial score (nSPS) is 12.5. The quantitative estimate of drug-likeness (QED) is 0.838. The van der Waals surface area contributed by atoms with Crippen LogP contribution in [0.2, 0.25) is 0 Å². The average molecular weight is 237 g/mol. The fourth-order valence-electron chi connectivity index (χ4n) is 1.73. The maximum absolute atomic E-state index is 12.8. The molecule has 0 saturated carbocycles. The monoisotopic (exact) mass is 237 g/mol. The SMILES string of the molecule is CC[C@H](Cc1ccc(F)cc1)C(=O)NC(C)C. The first-order chi connectivity index (χ1) is 8.02. The summed E-state index contributed by atoms with van der Waals surface area (Å²) in [5.74, 6) is -0.205.